The van der Waals surface area contributed by atoms with Crippen LogP contribution in [0.2, 0.25) is 0 Å². The highest BCUT2D eigenvalue weighted by molar-refractivity contribution is 6.07. The van der Waals surface area contributed by atoms with Gasteiger partial charge in [-0.1, -0.05) is 24.8 Å². The standard InChI is InChI=1S/C20H21F3N2O2/c1-4-6-16(13(5-2)11-20(21,22)23)19(27)24-15-9-12(3)18-14(10-15)7-8-17(26)25-18/h4-6,9-10H,2,7-8,11H2,1,3H3,(H,24,27)(H,25,26)/b6-4-,16-13-. The molecule has 0 aliphatic carbocycles. The Labute approximate surface area is 155 Å². The van der Waals surface area contributed by atoms with Gasteiger partial charge in [0.25, 0.3) is 5.91 Å². The molecular formula is C20H21F3N2O2. The molecule has 1 aliphatic heterocycles. The van der Waals surface area contributed by atoms with Gasteiger partial charge >= 0.3 is 6.18 Å². The molecule has 0 unspecified atom stereocenters. The van der Waals surface area contributed by atoms with Gasteiger partial charge in [0, 0.05) is 23.4 Å². The Morgan fingerprint density at radius 3 is 2.63 bits per heavy atom. The van der Waals surface area contributed by atoms with Crippen molar-refractivity contribution in [2.24, 2.45) is 0 Å². The van der Waals surface area contributed by atoms with Crippen LogP contribution in [0.3, 0.4) is 0 Å². The fourth-order valence-corrected chi connectivity index (χ4v) is 2.95. The van der Waals surface area contributed by atoms with Gasteiger partial charge in [0.05, 0.1) is 6.42 Å². The normalized spacial score (nSPS) is 15.1. The van der Waals surface area contributed by atoms with E-state index in [9.17, 15) is 22.8 Å². The molecule has 1 aromatic carbocycles. The lowest BCUT2D eigenvalue weighted by Crippen LogP contribution is -2.21. The van der Waals surface area contributed by atoms with E-state index in [0.29, 0.717) is 18.5 Å². The zero-order valence-electron chi connectivity index (χ0n) is 15.2. The highest BCUT2D eigenvalue weighted by atomic mass is 19.4. The topological polar surface area (TPSA) is 58.2 Å². The summed E-state index contributed by atoms with van der Waals surface area (Å²) >= 11 is 0. The van der Waals surface area contributed by atoms with Gasteiger partial charge in [0.1, 0.15) is 0 Å². The molecule has 0 atom stereocenters. The van der Waals surface area contributed by atoms with Gasteiger partial charge < -0.3 is 10.6 Å². The number of carbonyl (C=O) groups excluding carboxylic acids is 2. The number of benzene rings is 1. The van der Waals surface area contributed by atoms with E-state index in [1.54, 1.807) is 26.0 Å². The van der Waals surface area contributed by atoms with E-state index in [1.165, 1.54) is 12.2 Å². The summed E-state index contributed by atoms with van der Waals surface area (Å²) < 4.78 is 38.4. The van der Waals surface area contributed by atoms with Crippen LogP contribution in [0.5, 0.6) is 0 Å². The average molecular weight is 378 g/mol. The van der Waals surface area contributed by atoms with Crippen LogP contribution in [0.25, 0.3) is 0 Å². The van der Waals surface area contributed by atoms with Crippen molar-refractivity contribution in [1.82, 2.24) is 0 Å². The van der Waals surface area contributed by atoms with Crippen LogP contribution in [0.15, 0.2) is 48.1 Å². The molecule has 0 radical (unpaired) electrons. The second-order valence-corrected chi connectivity index (χ2v) is 6.26. The quantitative estimate of drug-likeness (QED) is 0.570. The van der Waals surface area contributed by atoms with Crippen molar-refractivity contribution in [2.45, 2.75) is 39.3 Å². The zero-order chi connectivity index (χ0) is 20.2. The summed E-state index contributed by atoms with van der Waals surface area (Å²) in [6.07, 6.45) is -0.910. The number of hydrogen-bond acceptors (Lipinski definition) is 2. The summed E-state index contributed by atoms with van der Waals surface area (Å²) in [5.41, 5.74) is 2.54. The first-order chi connectivity index (χ1) is 12.6. The predicted octanol–water partition coefficient (Wildman–Crippen LogP) is 4.83. The number of hydrogen-bond donors (Lipinski definition) is 2. The highest BCUT2D eigenvalue weighted by Gasteiger charge is 2.30. The number of alkyl halides is 3. The summed E-state index contributed by atoms with van der Waals surface area (Å²) in [6, 6.07) is 3.40. The number of fused-ring (bicyclic) bond motifs is 1. The fourth-order valence-electron chi connectivity index (χ4n) is 2.95. The number of halogens is 3. The molecule has 0 saturated carbocycles. The van der Waals surface area contributed by atoms with Crippen molar-refractivity contribution >= 4 is 23.2 Å². The van der Waals surface area contributed by atoms with E-state index < -0.39 is 18.5 Å². The van der Waals surface area contributed by atoms with E-state index in [2.05, 4.69) is 17.2 Å². The van der Waals surface area contributed by atoms with Gasteiger partial charge in [-0.05, 0) is 49.1 Å². The Morgan fingerprint density at radius 1 is 1.33 bits per heavy atom. The Bertz CT molecular complexity index is 836. The lowest BCUT2D eigenvalue weighted by atomic mass is 9.98. The van der Waals surface area contributed by atoms with Crippen LogP contribution < -0.4 is 10.6 Å². The second-order valence-electron chi connectivity index (χ2n) is 6.26. The minimum absolute atomic E-state index is 0.0662. The molecule has 2 amide bonds. The number of rotatable bonds is 5. The zero-order valence-corrected chi connectivity index (χ0v) is 15.2. The smallest absolute Gasteiger partial charge is 0.326 e. The van der Waals surface area contributed by atoms with Crippen LogP contribution in [0, 0.1) is 6.92 Å². The molecule has 1 aromatic rings. The molecule has 0 spiro atoms. The Balaban J connectivity index is 2.34. The van der Waals surface area contributed by atoms with Crippen molar-refractivity contribution in [3.8, 4) is 0 Å². The summed E-state index contributed by atoms with van der Waals surface area (Å²) in [7, 11) is 0. The number of anilines is 2. The third-order valence-corrected chi connectivity index (χ3v) is 4.12. The molecule has 2 N–H and O–H groups in total. The lowest BCUT2D eigenvalue weighted by Gasteiger charge is -2.20. The van der Waals surface area contributed by atoms with Crippen molar-refractivity contribution < 1.29 is 22.8 Å². The highest BCUT2D eigenvalue weighted by Crippen LogP contribution is 2.31. The average Bonchev–Trinajstić information content (AvgIpc) is 2.57. The van der Waals surface area contributed by atoms with Crippen LogP contribution in [0.4, 0.5) is 24.5 Å². The molecule has 0 fully saturated rings. The summed E-state index contributed by atoms with van der Waals surface area (Å²) in [6.45, 7) is 6.82. The lowest BCUT2D eigenvalue weighted by molar-refractivity contribution is -0.126. The first-order valence-electron chi connectivity index (χ1n) is 8.44. The van der Waals surface area contributed by atoms with E-state index in [1.807, 2.05) is 0 Å². The van der Waals surface area contributed by atoms with Gasteiger partial charge in [-0.3, -0.25) is 9.59 Å². The monoisotopic (exact) mass is 378 g/mol. The van der Waals surface area contributed by atoms with Crippen LogP contribution in [-0.4, -0.2) is 18.0 Å². The third kappa shape index (κ3) is 5.32. The maximum atomic E-state index is 12.8. The molecule has 27 heavy (non-hydrogen) atoms. The first kappa shape index (κ1) is 20.5. The SMILES string of the molecule is C=C/C(CC(F)(F)F)=C(\C=C/C)C(=O)Nc1cc(C)c2c(c1)CCC(=O)N2. The van der Waals surface area contributed by atoms with Gasteiger partial charge in [-0.25, -0.2) is 0 Å². The van der Waals surface area contributed by atoms with Gasteiger partial charge in [0.15, 0.2) is 0 Å². The largest absolute Gasteiger partial charge is 0.393 e. The minimum atomic E-state index is -4.45. The molecule has 2 rings (SSSR count). The molecular weight excluding hydrogens is 357 g/mol. The van der Waals surface area contributed by atoms with Crippen LogP contribution >= 0.6 is 0 Å². The summed E-state index contributed by atoms with van der Waals surface area (Å²) in [5, 5.41) is 5.45. The van der Waals surface area contributed by atoms with Crippen molar-refractivity contribution in [3.05, 3.63) is 59.2 Å². The number of allylic oxidation sites excluding steroid dienone is 3. The minimum Gasteiger partial charge on any atom is -0.326 e. The molecule has 0 aromatic heterocycles. The first-order valence-corrected chi connectivity index (χ1v) is 8.44. The van der Waals surface area contributed by atoms with E-state index >= 15 is 0 Å². The summed E-state index contributed by atoms with van der Waals surface area (Å²) in [4.78, 5) is 24.1. The van der Waals surface area contributed by atoms with E-state index in [0.717, 1.165) is 22.9 Å². The van der Waals surface area contributed by atoms with Crippen LogP contribution in [-0.2, 0) is 16.0 Å². The Kier molecular flexibility index (Phi) is 6.25. The van der Waals surface area contributed by atoms with Crippen molar-refractivity contribution in [3.63, 3.8) is 0 Å². The third-order valence-electron chi connectivity index (χ3n) is 4.12. The maximum absolute atomic E-state index is 12.8. The van der Waals surface area contributed by atoms with Gasteiger partial charge in [0.2, 0.25) is 5.91 Å². The molecule has 1 aliphatic rings. The second kappa shape index (κ2) is 8.24. The number of nitrogens with one attached hydrogen (secondary N) is 2. The fraction of sp³-hybridized carbons (Fsp3) is 0.300. The molecule has 0 saturated heterocycles. The molecule has 144 valence electrons. The van der Waals surface area contributed by atoms with Crippen molar-refractivity contribution in [1.29, 1.82) is 0 Å². The number of aryl methyl sites for hydroxylation is 2. The van der Waals surface area contributed by atoms with Gasteiger partial charge in [-0.2, -0.15) is 13.2 Å². The predicted molar refractivity (Wildman–Crippen MR) is 99.5 cm³/mol. The number of carbonyl (C=O) groups is 2. The Morgan fingerprint density at radius 2 is 2.04 bits per heavy atom. The maximum Gasteiger partial charge on any atom is 0.393 e. The van der Waals surface area contributed by atoms with E-state index in [4.69, 9.17) is 0 Å². The number of amides is 2. The van der Waals surface area contributed by atoms with Crippen LogP contribution in [0.1, 0.15) is 30.9 Å². The van der Waals surface area contributed by atoms with Crippen molar-refractivity contribution in [2.75, 3.05) is 10.6 Å². The molecule has 4 nitrogen and oxygen atoms in total. The Hall–Kier alpha value is -2.83. The van der Waals surface area contributed by atoms with E-state index in [-0.39, 0.29) is 17.1 Å². The summed E-state index contributed by atoms with van der Waals surface area (Å²) in [5.74, 6) is -0.713. The molecule has 7 heteroatoms. The molecule has 1 heterocycles. The molecule has 0 bridgehead atoms. The van der Waals surface area contributed by atoms with Gasteiger partial charge in [-0.15, -0.1) is 0 Å².